The summed E-state index contributed by atoms with van der Waals surface area (Å²) in [5.74, 6) is 0.608. The zero-order valence-electron chi connectivity index (χ0n) is 19.8. The van der Waals surface area contributed by atoms with E-state index in [2.05, 4.69) is 9.88 Å². The number of nitro groups is 1. The van der Waals surface area contributed by atoms with Gasteiger partial charge in [-0.3, -0.25) is 4.90 Å². The molecule has 2 N–H and O–H groups in total. The molecule has 1 aromatic heterocycles. The van der Waals surface area contributed by atoms with E-state index in [-0.39, 0.29) is 36.2 Å². The van der Waals surface area contributed by atoms with Crippen LogP contribution in [-0.4, -0.2) is 85.6 Å². The van der Waals surface area contributed by atoms with Crippen LogP contribution in [0.3, 0.4) is 0 Å². The average molecular weight is 502 g/mol. The second-order valence-electron chi connectivity index (χ2n) is 9.70. The molecule has 2 aliphatic heterocycles. The molecule has 1 amide bonds. The Bertz CT molecular complexity index is 862. The molecule has 0 aromatic carbocycles. The lowest BCUT2D eigenvalue weighted by atomic mass is 9.73. The average Bonchev–Trinajstić information content (AvgIpc) is 3.31. The van der Waals surface area contributed by atoms with Crippen LogP contribution < -0.4 is 0 Å². The predicted octanol–water partition coefficient (Wildman–Crippen LogP) is 2.49. The molecule has 3 aliphatic rings. The number of aromatic nitrogens is 2. The van der Waals surface area contributed by atoms with E-state index in [0.29, 0.717) is 31.6 Å². The van der Waals surface area contributed by atoms with Crippen LogP contribution in [-0.2, 0) is 4.74 Å². The van der Waals surface area contributed by atoms with Crippen LogP contribution >= 0.6 is 12.4 Å². The number of hydrogen-bond acceptors (Lipinski definition) is 8. The molecule has 4 rings (SSSR count). The SMILES string of the molecule is CCOC(=O)N1CCC(CN2CCC3(CC2)C(O)CCC3O)CC1n1c([N+](=O)[O-])cnc1C.Cl. The van der Waals surface area contributed by atoms with Gasteiger partial charge < -0.3 is 30.0 Å². The van der Waals surface area contributed by atoms with Crippen molar-refractivity contribution in [1.82, 2.24) is 19.4 Å². The number of carbonyl (C=O) groups excluding carboxylic acids is 1. The van der Waals surface area contributed by atoms with E-state index in [9.17, 15) is 25.1 Å². The molecule has 192 valence electrons. The number of amides is 1. The summed E-state index contributed by atoms with van der Waals surface area (Å²) in [6.45, 7) is 6.58. The summed E-state index contributed by atoms with van der Waals surface area (Å²) in [7, 11) is 0. The Hall–Kier alpha value is -1.95. The summed E-state index contributed by atoms with van der Waals surface area (Å²) in [5, 5.41) is 32.5. The molecule has 3 fully saturated rings. The van der Waals surface area contributed by atoms with E-state index >= 15 is 0 Å². The molecule has 1 spiro atoms. The van der Waals surface area contributed by atoms with Gasteiger partial charge in [-0.1, -0.05) is 0 Å². The topological polar surface area (TPSA) is 134 Å². The summed E-state index contributed by atoms with van der Waals surface area (Å²) in [5.41, 5.74) is -0.374. The van der Waals surface area contributed by atoms with Gasteiger partial charge in [-0.15, -0.1) is 12.4 Å². The first-order valence-electron chi connectivity index (χ1n) is 12.0. The molecule has 1 aliphatic carbocycles. The van der Waals surface area contributed by atoms with Gasteiger partial charge in [-0.05, 0) is 63.0 Å². The minimum Gasteiger partial charge on any atom is -0.450 e. The maximum Gasteiger partial charge on any atom is 0.413 e. The quantitative estimate of drug-likeness (QED) is 0.464. The van der Waals surface area contributed by atoms with Gasteiger partial charge >= 0.3 is 11.9 Å². The lowest BCUT2D eigenvalue weighted by Crippen LogP contribution is -2.51. The Balaban J connectivity index is 0.00000324. The fourth-order valence-electron chi connectivity index (χ4n) is 6.08. The van der Waals surface area contributed by atoms with Crippen molar-refractivity contribution in [1.29, 1.82) is 0 Å². The first-order valence-corrected chi connectivity index (χ1v) is 12.0. The van der Waals surface area contributed by atoms with Gasteiger partial charge in [0.05, 0.1) is 18.8 Å². The fraction of sp³-hybridized carbons (Fsp3) is 0.818. The van der Waals surface area contributed by atoms with Crippen molar-refractivity contribution in [2.24, 2.45) is 11.3 Å². The highest BCUT2D eigenvalue weighted by atomic mass is 35.5. The van der Waals surface area contributed by atoms with E-state index in [4.69, 9.17) is 4.74 Å². The fourth-order valence-corrected chi connectivity index (χ4v) is 6.08. The lowest BCUT2D eigenvalue weighted by molar-refractivity contribution is -0.393. The standard InChI is InChI=1S/C22H35N5O6.ClH/c1-3-33-21(30)25-9-6-16(12-19(25)26-15(2)23-13-20(26)27(31)32)14-24-10-7-22(8-11-24)17(28)4-5-18(22)29;/h13,16-19,28-29H,3-12,14H2,1-2H3;1H. The summed E-state index contributed by atoms with van der Waals surface area (Å²) in [6, 6.07) is 0. The number of carbonyl (C=O) groups is 1. The first kappa shape index (κ1) is 26.7. The molecule has 0 radical (unpaired) electrons. The van der Waals surface area contributed by atoms with Crippen LogP contribution in [0.15, 0.2) is 6.20 Å². The molecule has 4 atom stereocenters. The molecule has 4 unspecified atom stereocenters. The molecule has 12 heteroatoms. The highest BCUT2D eigenvalue weighted by Gasteiger charge is 2.50. The van der Waals surface area contributed by atoms with Crippen molar-refractivity contribution in [2.75, 3.05) is 32.8 Å². The van der Waals surface area contributed by atoms with Crippen molar-refractivity contribution in [3.63, 3.8) is 0 Å². The Morgan fingerprint density at radius 2 is 1.88 bits per heavy atom. The van der Waals surface area contributed by atoms with Gasteiger partial charge in [0, 0.05) is 31.8 Å². The number of piperidine rings is 2. The van der Waals surface area contributed by atoms with Crippen LogP contribution in [0.2, 0.25) is 0 Å². The summed E-state index contributed by atoms with van der Waals surface area (Å²) in [6.07, 6.45) is 3.61. The lowest BCUT2D eigenvalue weighted by Gasteiger charge is -2.45. The highest BCUT2D eigenvalue weighted by molar-refractivity contribution is 5.85. The Kier molecular flexibility index (Phi) is 8.43. The zero-order valence-corrected chi connectivity index (χ0v) is 20.7. The van der Waals surface area contributed by atoms with Crippen molar-refractivity contribution >= 4 is 24.3 Å². The third-order valence-corrected chi connectivity index (χ3v) is 7.98. The maximum absolute atomic E-state index is 12.6. The van der Waals surface area contributed by atoms with Crippen molar-refractivity contribution in [3.8, 4) is 0 Å². The number of nitrogens with zero attached hydrogens (tertiary/aromatic N) is 5. The predicted molar refractivity (Wildman–Crippen MR) is 126 cm³/mol. The Morgan fingerprint density at radius 1 is 1.24 bits per heavy atom. The number of rotatable bonds is 5. The molecular formula is C22H36ClN5O6. The molecular weight excluding hydrogens is 466 g/mol. The van der Waals surface area contributed by atoms with Crippen LogP contribution in [0.5, 0.6) is 0 Å². The van der Waals surface area contributed by atoms with Gasteiger partial charge in [-0.25, -0.2) is 9.78 Å². The summed E-state index contributed by atoms with van der Waals surface area (Å²) >= 11 is 0. The molecule has 1 saturated carbocycles. The Labute approximate surface area is 205 Å². The number of halogens is 1. The highest BCUT2D eigenvalue weighted by Crippen LogP contribution is 2.47. The second-order valence-corrected chi connectivity index (χ2v) is 9.70. The van der Waals surface area contributed by atoms with Gasteiger partial charge in [-0.2, -0.15) is 4.57 Å². The number of aliphatic hydroxyl groups excluding tert-OH is 2. The van der Waals surface area contributed by atoms with E-state index < -0.39 is 29.4 Å². The monoisotopic (exact) mass is 501 g/mol. The maximum atomic E-state index is 12.6. The van der Waals surface area contributed by atoms with Crippen LogP contribution in [0.25, 0.3) is 0 Å². The second kappa shape index (κ2) is 10.8. The van der Waals surface area contributed by atoms with E-state index in [1.54, 1.807) is 23.3 Å². The van der Waals surface area contributed by atoms with Crippen molar-refractivity contribution < 1.29 is 24.7 Å². The van der Waals surface area contributed by atoms with E-state index in [0.717, 1.165) is 38.9 Å². The number of ether oxygens (including phenoxy) is 1. The summed E-state index contributed by atoms with van der Waals surface area (Å²) < 4.78 is 6.78. The van der Waals surface area contributed by atoms with Gasteiger partial charge in [0.25, 0.3) is 0 Å². The third kappa shape index (κ3) is 4.89. The summed E-state index contributed by atoms with van der Waals surface area (Å²) in [4.78, 5) is 31.9. The number of aryl methyl sites for hydroxylation is 1. The normalized spacial score (nSPS) is 29.1. The Morgan fingerprint density at radius 3 is 2.47 bits per heavy atom. The van der Waals surface area contributed by atoms with Crippen molar-refractivity contribution in [2.45, 2.75) is 70.7 Å². The minimum absolute atomic E-state index is 0. The van der Waals surface area contributed by atoms with Crippen LogP contribution in [0.4, 0.5) is 10.6 Å². The van der Waals surface area contributed by atoms with E-state index in [1.807, 2.05) is 0 Å². The number of imidazole rings is 1. The molecule has 2 saturated heterocycles. The molecule has 3 heterocycles. The number of hydrogen-bond donors (Lipinski definition) is 2. The largest absolute Gasteiger partial charge is 0.450 e. The number of likely N-dealkylation sites (tertiary alicyclic amines) is 2. The smallest absolute Gasteiger partial charge is 0.413 e. The van der Waals surface area contributed by atoms with Crippen LogP contribution in [0.1, 0.15) is 57.4 Å². The minimum atomic E-state index is -0.527. The molecule has 1 aromatic rings. The third-order valence-electron chi connectivity index (χ3n) is 7.98. The number of aliphatic hydroxyl groups is 2. The molecule has 34 heavy (non-hydrogen) atoms. The van der Waals surface area contributed by atoms with Gasteiger partial charge in [0.1, 0.15) is 6.20 Å². The first-order chi connectivity index (χ1) is 15.8. The van der Waals surface area contributed by atoms with Crippen LogP contribution in [0, 0.1) is 28.4 Å². The zero-order chi connectivity index (χ0) is 23.8. The van der Waals surface area contributed by atoms with E-state index in [1.165, 1.54) is 6.20 Å². The van der Waals surface area contributed by atoms with Gasteiger partial charge in [0.15, 0.2) is 12.0 Å². The van der Waals surface area contributed by atoms with Gasteiger partial charge in [0.2, 0.25) is 0 Å². The van der Waals surface area contributed by atoms with Crippen molar-refractivity contribution in [3.05, 3.63) is 22.1 Å². The molecule has 11 nitrogen and oxygen atoms in total. The molecule has 0 bridgehead atoms.